The molecule has 0 aromatic carbocycles. The molecule has 4 nitrogen and oxygen atoms in total. The number of carboxylic acids is 1. The highest BCUT2D eigenvalue weighted by Gasteiger charge is 2.47. The number of carbonyl (C=O) groups excluding carboxylic acids is 1. The fourth-order valence-corrected chi connectivity index (χ4v) is 3.17. The Balaban J connectivity index is 2.03. The zero-order valence-electron chi connectivity index (χ0n) is 11.3. The monoisotopic (exact) mass is 253 g/mol. The molecule has 2 fully saturated rings. The Bertz CT molecular complexity index is 334. The van der Waals surface area contributed by atoms with E-state index in [0.29, 0.717) is 19.0 Å². The van der Waals surface area contributed by atoms with E-state index in [1.54, 1.807) is 4.90 Å². The van der Waals surface area contributed by atoms with E-state index in [-0.39, 0.29) is 23.7 Å². The van der Waals surface area contributed by atoms with Crippen LogP contribution in [0.5, 0.6) is 0 Å². The lowest BCUT2D eigenvalue weighted by Crippen LogP contribution is -2.34. The lowest BCUT2D eigenvalue weighted by molar-refractivity contribution is -0.143. The minimum absolute atomic E-state index is 0.0670. The van der Waals surface area contributed by atoms with E-state index in [0.717, 1.165) is 25.7 Å². The van der Waals surface area contributed by atoms with E-state index >= 15 is 0 Å². The third kappa shape index (κ3) is 2.52. The molecular weight excluding hydrogens is 230 g/mol. The van der Waals surface area contributed by atoms with Gasteiger partial charge in [-0.1, -0.05) is 13.8 Å². The van der Waals surface area contributed by atoms with Gasteiger partial charge >= 0.3 is 5.97 Å². The molecule has 1 saturated heterocycles. The maximum absolute atomic E-state index is 12.3. The molecule has 18 heavy (non-hydrogen) atoms. The van der Waals surface area contributed by atoms with Crippen LogP contribution < -0.4 is 0 Å². The first-order chi connectivity index (χ1) is 8.58. The number of hydrogen-bond acceptors (Lipinski definition) is 2. The first kappa shape index (κ1) is 13.4. The van der Waals surface area contributed by atoms with Crippen molar-refractivity contribution in [3.05, 3.63) is 0 Å². The maximum atomic E-state index is 12.3. The van der Waals surface area contributed by atoms with Crippen LogP contribution in [0.25, 0.3) is 0 Å². The van der Waals surface area contributed by atoms with Crippen molar-refractivity contribution < 1.29 is 14.7 Å². The summed E-state index contributed by atoms with van der Waals surface area (Å²) in [7, 11) is 0. The Morgan fingerprint density at radius 2 is 1.83 bits per heavy atom. The maximum Gasteiger partial charge on any atom is 0.308 e. The number of aliphatic carboxylic acids is 1. The summed E-state index contributed by atoms with van der Waals surface area (Å²) in [5, 5.41) is 9.27. The zero-order valence-corrected chi connectivity index (χ0v) is 11.3. The Kier molecular flexibility index (Phi) is 3.93. The normalized spacial score (nSPS) is 27.8. The topological polar surface area (TPSA) is 57.6 Å². The number of rotatable bonds is 5. The summed E-state index contributed by atoms with van der Waals surface area (Å²) in [6.45, 7) is 5.13. The number of carbonyl (C=O) groups is 2. The van der Waals surface area contributed by atoms with Crippen molar-refractivity contribution in [2.75, 3.05) is 13.1 Å². The third-order valence-corrected chi connectivity index (χ3v) is 4.56. The molecule has 1 aliphatic heterocycles. The van der Waals surface area contributed by atoms with Crippen molar-refractivity contribution in [1.29, 1.82) is 0 Å². The van der Waals surface area contributed by atoms with E-state index in [4.69, 9.17) is 0 Å². The van der Waals surface area contributed by atoms with Gasteiger partial charge in [0.05, 0.1) is 5.92 Å². The molecule has 1 heterocycles. The fraction of sp³-hybridized carbons (Fsp3) is 0.857. The number of carboxylic acid groups (broad SMARTS) is 1. The largest absolute Gasteiger partial charge is 0.481 e. The molecule has 1 saturated carbocycles. The fourth-order valence-electron chi connectivity index (χ4n) is 3.17. The van der Waals surface area contributed by atoms with Gasteiger partial charge in [-0.3, -0.25) is 9.59 Å². The van der Waals surface area contributed by atoms with Crippen molar-refractivity contribution in [1.82, 2.24) is 4.90 Å². The predicted molar refractivity (Wildman–Crippen MR) is 68.0 cm³/mol. The highest BCUT2D eigenvalue weighted by atomic mass is 16.4. The van der Waals surface area contributed by atoms with Gasteiger partial charge in [-0.2, -0.15) is 0 Å². The van der Waals surface area contributed by atoms with Crippen LogP contribution in [-0.4, -0.2) is 35.0 Å². The first-order valence-corrected chi connectivity index (χ1v) is 7.10. The summed E-state index contributed by atoms with van der Waals surface area (Å²) in [5.74, 6) is -0.0965. The Morgan fingerprint density at radius 3 is 2.28 bits per heavy atom. The number of nitrogens with zero attached hydrogens (tertiary/aromatic N) is 1. The predicted octanol–water partition coefficient (Wildman–Crippen LogP) is 1.99. The number of likely N-dealkylation sites (tertiary alicyclic amines) is 1. The molecule has 0 aromatic rings. The molecule has 1 N–H and O–H groups in total. The molecule has 0 radical (unpaired) electrons. The molecule has 2 rings (SSSR count). The molecule has 2 aliphatic rings. The molecule has 0 aromatic heterocycles. The molecule has 0 unspecified atom stereocenters. The van der Waals surface area contributed by atoms with E-state index < -0.39 is 5.97 Å². The van der Waals surface area contributed by atoms with Crippen LogP contribution in [0.4, 0.5) is 0 Å². The summed E-state index contributed by atoms with van der Waals surface area (Å²) in [5.41, 5.74) is 0. The SMILES string of the molecule is CCC(CC)C(=O)N1C[C@H](C(=O)O)[C@@H](C2CC2)C1. The molecule has 2 atom stereocenters. The van der Waals surface area contributed by atoms with Crippen LogP contribution in [0.2, 0.25) is 0 Å². The minimum Gasteiger partial charge on any atom is -0.481 e. The van der Waals surface area contributed by atoms with Crippen molar-refractivity contribution in [3.8, 4) is 0 Å². The molecule has 4 heteroatoms. The van der Waals surface area contributed by atoms with Crippen LogP contribution >= 0.6 is 0 Å². The van der Waals surface area contributed by atoms with Crippen molar-refractivity contribution in [2.45, 2.75) is 39.5 Å². The molecular formula is C14H23NO3. The highest BCUT2D eigenvalue weighted by molar-refractivity contribution is 5.81. The second-order valence-electron chi connectivity index (χ2n) is 5.70. The standard InChI is InChI=1S/C14H23NO3/c1-3-9(4-2)13(16)15-7-11(10-5-6-10)12(8-15)14(17)18/h9-12H,3-8H2,1-2H3,(H,17,18)/t11-,12+/m1/s1. The van der Waals surface area contributed by atoms with Crippen LogP contribution in [0.3, 0.4) is 0 Å². The van der Waals surface area contributed by atoms with Gasteiger partial charge in [-0.05, 0) is 37.5 Å². The molecule has 102 valence electrons. The molecule has 0 bridgehead atoms. The quantitative estimate of drug-likeness (QED) is 0.815. The molecule has 1 aliphatic carbocycles. The summed E-state index contributed by atoms with van der Waals surface area (Å²) in [6, 6.07) is 0. The van der Waals surface area contributed by atoms with E-state index in [9.17, 15) is 14.7 Å². The zero-order chi connectivity index (χ0) is 13.3. The van der Waals surface area contributed by atoms with E-state index in [1.165, 1.54) is 0 Å². The average Bonchev–Trinajstić information content (AvgIpc) is 3.09. The highest BCUT2D eigenvalue weighted by Crippen LogP contribution is 2.44. The minimum atomic E-state index is -0.730. The lowest BCUT2D eigenvalue weighted by Gasteiger charge is -2.21. The van der Waals surface area contributed by atoms with Gasteiger partial charge in [0.25, 0.3) is 0 Å². The second kappa shape index (κ2) is 5.29. The van der Waals surface area contributed by atoms with Gasteiger partial charge in [-0.15, -0.1) is 0 Å². The summed E-state index contributed by atoms with van der Waals surface area (Å²) < 4.78 is 0. The summed E-state index contributed by atoms with van der Waals surface area (Å²) in [6.07, 6.45) is 3.97. The van der Waals surface area contributed by atoms with Crippen LogP contribution in [0.1, 0.15) is 39.5 Å². The Labute approximate surface area is 108 Å². The van der Waals surface area contributed by atoms with Crippen LogP contribution in [-0.2, 0) is 9.59 Å². The van der Waals surface area contributed by atoms with Gasteiger partial charge in [-0.25, -0.2) is 0 Å². The third-order valence-electron chi connectivity index (χ3n) is 4.56. The number of hydrogen-bond donors (Lipinski definition) is 1. The second-order valence-corrected chi connectivity index (χ2v) is 5.70. The van der Waals surface area contributed by atoms with E-state index in [1.807, 2.05) is 13.8 Å². The van der Waals surface area contributed by atoms with Crippen LogP contribution in [0, 0.1) is 23.7 Å². The lowest BCUT2D eigenvalue weighted by atomic mass is 9.92. The van der Waals surface area contributed by atoms with Gasteiger partial charge in [0, 0.05) is 19.0 Å². The summed E-state index contributed by atoms with van der Waals surface area (Å²) >= 11 is 0. The van der Waals surface area contributed by atoms with Gasteiger partial charge in [0.1, 0.15) is 0 Å². The van der Waals surface area contributed by atoms with Crippen molar-refractivity contribution in [3.63, 3.8) is 0 Å². The van der Waals surface area contributed by atoms with E-state index in [2.05, 4.69) is 0 Å². The van der Waals surface area contributed by atoms with Crippen molar-refractivity contribution in [2.24, 2.45) is 23.7 Å². The first-order valence-electron chi connectivity index (χ1n) is 7.10. The van der Waals surface area contributed by atoms with Crippen LogP contribution in [0.15, 0.2) is 0 Å². The van der Waals surface area contributed by atoms with Gasteiger partial charge in [0.15, 0.2) is 0 Å². The summed E-state index contributed by atoms with van der Waals surface area (Å²) in [4.78, 5) is 25.4. The van der Waals surface area contributed by atoms with Gasteiger partial charge < -0.3 is 10.0 Å². The number of amides is 1. The Morgan fingerprint density at radius 1 is 1.22 bits per heavy atom. The molecule has 0 spiro atoms. The average molecular weight is 253 g/mol. The smallest absolute Gasteiger partial charge is 0.308 e. The molecule has 1 amide bonds. The van der Waals surface area contributed by atoms with Crippen molar-refractivity contribution >= 4 is 11.9 Å². The Hall–Kier alpha value is -1.06. The van der Waals surface area contributed by atoms with Gasteiger partial charge in [0.2, 0.25) is 5.91 Å².